The van der Waals surface area contributed by atoms with Gasteiger partial charge in [0.05, 0.1) is 16.8 Å². The number of alkyl halides is 3. The highest BCUT2D eigenvalue weighted by molar-refractivity contribution is 6.06. The van der Waals surface area contributed by atoms with E-state index in [4.69, 9.17) is 4.42 Å². The SMILES string of the molecule is Cc1ccc(C(=O)Nc2cccc(C)c2-c2nc3c(C)cccc3o2)cc1C(F)(F)F. The summed E-state index contributed by atoms with van der Waals surface area (Å²) in [6.45, 7) is 5.13. The molecule has 0 spiro atoms. The molecule has 0 aliphatic heterocycles. The quantitative estimate of drug-likeness (QED) is 0.399. The van der Waals surface area contributed by atoms with Crippen molar-refractivity contribution in [3.63, 3.8) is 0 Å². The Morgan fingerprint density at radius 3 is 2.35 bits per heavy atom. The molecule has 4 aromatic rings. The summed E-state index contributed by atoms with van der Waals surface area (Å²) in [7, 11) is 0. The van der Waals surface area contributed by atoms with Crippen molar-refractivity contribution in [2.75, 3.05) is 5.32 Å². The molecule has 3 aromatic carbocycles. The van der Waals surface area contributed by atoms with Crippen LogP contribution in [0.15, 0.2) is 59.0 Å². The number of anilines is 1. The Hall–Kier alpha value is -3.61. The molecule has 0 saturated carbocycles. The van der Waals surface area contributed by atoms with Crippen LogP contribution >= 0.6 is 0 Å². The maximum atomic E-state index is 13.2. The summed E-state index contributed by atoms with van der Waals surface area (Å²) in [5, 5.41) is 2.72. The summed E-state index contributed by atoms with van der Waals surface area (Å²) in [5.74, 6) is -0.317. The smallest absolute Gasteiger partial charge is 0.416 e. The minimum absolute atomic E-state index is 0.0575. The summed E-state index contributed by atoms with van der Waals surface area (Å²) in [4.78, 5) is 17.4. The van der Waals surface area contributed by atoms with Crippen LogP contribution in [0.3, 0.4) is 0 Å². The standard InChI is InChI=1S/C24H19F3N2O2/c1-13-10-11-16(12-17(13)24(25,26)27)22(30)28-18-8-4-6-14(2)20(18)23-29-21-15(3)7-5-9-19(21)31-23/h4-12H,1-3H3,(H,28,30). The largest absolute Gasteiger partial charge is 0.436 e. The summed E-state index contributed by atoms with van der Waals surface area (Å²) >= 11 is 0. The molecular formula is C24H19F3N2O2. The van der Waals surface area contributed by atoms with E-state index >= 15 is 0 Å². The Balaban J connectivity index is 1.74. The molecule has 1 N–H and O–H groups in total. The molecule has 4 rings (SSSR count). The first kappa shape index (κ1) is 20.7. The third kappa shape index (κ3) is 3.91. The molecule has 1 aromatic heterocycles. The first-order valence-corrected chi connectivity index (χ1v) is 9.60. The van der Waals surface area contributed by atoms with Crippen LogP contribution < -0.4 is 5.32 Å². The van der Waals surface area contributed by atoms with Gasteiger partial charge in [-0.1, -0.05) is 30.3 Å². The number of halogens is 3. The van der Waals surface area contributed by atoms with Gasteiger partial charge in [0.1, 0.15) is 5.52 Å². The molecule has 31 heavy (non-hydrogen) atoms. The van der Waals surface area contributed by atoms with E-state index in [1.165, 1.54) is 19.1 Å². The van der Waals surface area contributed by atoms with Crippen molar-refractivity contribution in [1.82, 2.24) is 4.98 Å². The number of carbonyl (C=O) groups is 1. The minimum atomic E-state index is -4.54. The number of oxazole rings is 1. The molecule has 158 valence electrons. The predicted molar refractivity (Wildman–Crippen MR) is 113 cm³/mol. The average Bonchev–Trinajstić information content (AvgIpc) is 3.12. The van der Waals surface area contributed by atoms with E-state index < -0.39 is 17.6 Å². The fourth-order valence-corrected chi connectivity index (χ4v) is 3.51. The monoisotopic (exact) mass is 424 g/mol. The predicted octanol–water partition coefficient (Wildman–Crippen LogP) is 6.69. The lowest BCUT2D eigenvalue weighted by Crippen LogP contribution is -2.15. The number of para-hydroxylation sites is 1. The second-order valence-electron chi connectivity index (χ2n) is 7.42. The van der Waals surface area contributed by atoms with E-state index in [-0.39, 0.29) is 11.1 Å². The van der Waals surface area contributed by atoms with Gasteiger partial charge in [0.25, 0.3) is 5.91 Å². The van der Waals surface area contributed by atoms with E-state index in [0.29, 0.717) is 28.2 Å². The topological polar surface area (TPSA) is 55.1 Å². The molecule has 0 aliphatic rings. The normalized spacial score (nSPS) is 11.7. The second kappa shape index (κ2) is 7.58. The molecule has 7 heteroatoms. The molecule has 1 heterocycles. The molecule has 4 nitrogen and oxygen atoms in total. The number of benzene rings is 3. The van der Waals surface area contributed by atoms with Crippen molar-refractivity contribution in [3.05, 3.63) is 82.4 Å². The van der Waals surface area contributed by atoms with E-state index in [2.05, 4.69) is 10.3 Å². The number of hydrogen-bond acceptors (Lipinski definition) is 3. The number of nitrogens with zero attached hydrogens (tertiary/aromatic N) is 1. The molecule has 0 fully saturated rings. The van der Waals surface area contributed by atoms with Gasteiger partial charge in [-0.05, 0) is 61.7 Å². The molecule has 0 unspecified atom stereocenters. The van der Waals surface area contributed by atoms with Gasteiger partial charge >= 0.3 is 6.18 Å². The first-order valence-electron chi connectivity index (χ1n) is 9.60. The van der Waals surface area contributed by atoms with Crippen molar-refractivity contribution in [2.24, 2.45) is 0 Å². The van der Waals surface area contributed by atoms with Crippen LogP contribution in [0.2, 0.25) is 0 Å². The lowest BCUT2D eigenvalue weighted by Gasteiger charge is -2.14. The Bertz CT molecular complexity index is 1310. The van der Waals surface area contributed by atoms with E-state index in [1.54, 1.807) is 18.2 Å². The number of aromatic nitrogens is 1. The van der Waals surface area contributed by atoms with Crippen LogP contribution in [0, 0.1) is 20.8 Å². The maximum absolute atomic E-state index is 13.2. The summed E-state index contributed by atoms with van der Waals surface area (Å²) in [6.07, 6.45) is -4.54. The number of aryl methyl sites for hydroxylation is 3. The maximum Gasteiger partial charge on any atom is 0.416 e. The van der Waals surface area contributed by atoms with Crippen molar-refractivity contribution < 1.29 is 22.4 Å². The molecule has 0 aliphatic carbocycles. The number of fused-ring (bicyclic) bond motifs is 1. The van der Waals surface area contributed by atoms with Crippen molar-refractivity contribution in [1.29, 1.82) is 0 Å². The van der Waals surface area contributed by atoms with Crippen molar-refractivity contribution in [2.45, 2.75) is 26.9 Å². The second-order valence-corrected chi connectivity index (χ2v) is 7.42. The molecule has 1 amide bonds. The molecule has 0 saturated heterocycles. The Morgan fingerprint density at radius 1 is 0.935 bits per heavy atom. The van der Waals surface area contributed by atoms with Gasteiger partial charge in [-0.2, -0.15) is 13.2 Å². The number of nitrogens with one attached hydrogen (secondary N) is 1. The number of carbonyl (C=O) groups excluding carboxylic acids is 1. The first-order chi connectivity index (χ1) is 14.6. The number of hydrogen-bond donors (Lipinski definition) is 1. The van der Waals surface area contributed by atoms with Crippen LogP contribution in [0.4, 0.5) is 18.9 Å². The molecular weight excluding hydrogens is 405 g/mol. The summed E-state index contributed by atoms with van der Waals surface area (Å²) in [5.41, 5.74) is 3.21. The van der Waals surface area contributed by atoms with E-state index in [1.807, 2.05) is 32.0 Å². The molecule has 0 bridgehead atoms. The zero-order valence-corrected chi connectivity index (χ0v) is 17.1. The van der Waals surface area contributed by atoms with Gasteiger partial charge in [0.2, 0.25) is 5.89 Å². The Kier molecular flexibility index (Phi) is 5.05. The van der Waals surface area contributed by atoms with Crippen LogP contribution in [-0.4, -0.2) is 10.9 Å². The van der Waals surface area contributed by atoms with E-state index in [0.717, 1.165) is 17.2 Å². The van der Waals surface area contributed by atoms with Gasteiger partial charge in [-0.3, -0.25) is 4.79 Å². The van der Waals surface area contributed by atoms with Crippen LogP contribution in [0.5, 0.6) is 0 Å². The van der Waals surface area contributed by atoms with Crippen LogP contribution in [-0.2, 0) is 6.18 Å². The van der Waals surface area contributed by atoms with Gasteiger partial charge < -0.3 is 9.73 Å². The van der Waals surface area contributed by atoms with Gasteiger partial charge in [0.15, 0.2) is 5.58 Å². The van der Waals surface area contributed by atoms with Crippen LogP contribution in [0.25, 0.3) is 22.6 Å². The van der Waals surface area contributed by atoms with Crippen molar-refractivity contribution >= 4 is 22.7 Å². The fraction of sp³-hybridized carbons (Fsp3) is 0.167. The Morgan fingerprint density at radius 2 is 1.65 bits per heavy atom. The highest BCUT2D eigenvalue weighted by Gasteiger charge is 2.33. The van der Waals surface area contributed by atoms with Gasteiger partial charge in [0, 0.05) is 5.56 Å². The minimum Gasteiger partial charge on any atom is -0.436 e. The summed E-state index contributed by atoms with van der Waals surface area (Å²) < 4.78 is 45.6. The van der Waals surface area contributed by atoms with Gasteiger partial charge in [-0.25, -0.2) is 4.98 Å². The number of amides is 1. The van der Waals surface area contributed by atoms with E-state index in [9.17, 15) is 18.0 Å². The highest BCUT2D eigenvalue weighted by Crippen LogP contribution is 2.35. The fourth-order valence-electron chi connectivity index (χ4n) is 3.51. The zero-order valence-electron chi connectivity index (χ0n) is 17.1. The Labute approximate surface area is 176 Å². The third-order valence-electron chi connectivity index (χ3n) is 5.16. The van der Waals surface area contributed by atoms with Crippen molar-refractivity contribution in [3.8, 4) is 11.5 Å². The lowest BCUT2D eigenvalue weighted by atomic mass is 10.0. The van der Waals surface area contributed by atoms with Gasteiger partial charge in [-0.15, -0.1) is 0 Å². The summed E-state index contributed by atoms with van der Waals surface area (Å²) in [6, 6.07) is 14.4. The highest BCUT2D eigenvalue weighted by atomic mass is 19.4. The average molecular weight is 424 g/mol. The molecule has 0 atom stereocenters. The van der Waals surface area contributed by atoms with Crippen LogP contribution in [0.1, 0.15) is 32.6 Å². The number of rotatable bonds is 3. The lowest BCUT2D eigenvalue weighted by molar-refractivity contribution is -0.138. The zero-order chi connectivity index (χ0) is 22.3. The molecule has 0 radical (unpaired) electrons. The third-order valence-corrected chi connectivity index (χ3v) is 5.16.